The molecule has 1 N–H and O–H groups in total. The summed E-state index contributed by atoms with van der Waals surface area (Å²) in [7, 11) is 0. The first kappa shape index (κ1) is 10.5. The van der Waals surface area contributed by atoms with Gasteiger partial charge in [0.15, 0.2) is 5.65 Å². The number of aromatic nitrogens is 3. The Kier molecular flexibility index (Phi) is 2.44. The van der Waals surface area contributed by atoms with Crippen molar-refractivity contribution in [3.05, 3.63) is 24.1 Å². The average molecular weight is 236 g/mol. The summed E-state index contributed by atoms with van der Waals surface area (Å²) >= 11 is 0. The highest BCUT2D eigenvalue weighted by Gasteiger charge is 2.25. The van der Waals surface area contributed by atoms with Crippen LogP contribution in [0.1, 0.15) is 13.3 Å². The van der Waals surface area contributed by atoms with Crippen LogP contribution in [0.5, 0.6) is 0 Å². The highest BCUT2D eigenvalue weighted by Crippen LogP contribution is 2.17. The Morgan fingerprint density at radius 1 is 1.53 bits per heavy atom. The van der Waals surface area contributed by atoms with Crippen molar-refractivity contribution in [2.24, 2.45) is 0 Å². The van der Waals surface area contributed by atoms with Gasteiger partial charge in [0.2, 0.25) is 5.95 Å². The molecule has 0 spiro atoms. The zero-order valence-corrected chi connectivity index (χ0v) is 9.43. The summed E-state index contributed by atoms with van der Waals surface area (Å²) in [5.74, 6) is 0.185. The Hall–Kier alpha value is -1.69. The summed E-state index contributed by atoms with van der Waals surface area (Å²) in [6.45, 7) is 2.76. The van der Waals surface area contributed by atoms with E-state index < -0.39 is 0 Å². The van der Waals surface area contributed by atoms with E-state index in [0.717, 1.165) is 13.0 Å². The van der Waals surface area contributed by atoms with Gasteiger partial charge in [0.25, 0.3) is 0 Å². The molecular weight excluding hydrogens is 223 g/mol. The first-order chi connectivity index (χ1) is 8.22. The minimum Gasteiger partial charge on any atom is -0.376 e. The fourth-order valence-electron chi connectivity index (χ4n) is 2.01. The summed E-state index contributed by atoms with van der Waals surface area (Å²) in [4.78, 5) is 4.27. The predicted molar refractivity (Wildman–Crippen MR) is 60.4 cm³/mol. The topological polar surface area (TPSA) is 51.5 Å². The maximum Gasteiger partial charge on any atom is 0.243 e. The zero-order valence-electron chi connectivity index (χ0n) is 9.43. The van der Waals surface area contributed by atoms with Gasteiger partial charge in [-0.25, -0.2) is 8.91 Å². The number of ether oxygens (including phenoxy) is 1. The third-order valence-corrected chi connectivity index (χ3v) is 2.99. The first-order valence-corrected chi connectivity index (χ1v) is 5.62. The first-order valence-electron chi connectivity index (χ1n) is 5.62. The van der Waals surface area contributed by atoms with Gasteiger partial charge in [0.05, 0.1) is 18.3 Å². The molecule has 0 radical (unpaired) electrons. The Labute approximate surface area is 97.6 Å². The van der Waals surface area contributed by atoms with Gasteiger partial charge in [-0.3, -0.25) is 0 Å². The maximum atomic E-state index is 13.0. The number of anilines is 1. The molecular formula is C11H13FN4O. The lowest BCUT2D eigenvalue weighted by Crippen LogP contribution is -2.27. The molecule has 2 aromatic heterocycles. The second-order valence-electron chi connectivity index (χ2n) is 4.20. The maximum absolute atomic E-state index is 13.0. The number of pyridine rings is 1. The Bertz CT molecular complexity index is 541. The molecule has 1 fully saturated rings. The third kappa shape index (κ3) is 1.95. The second kappa shape index (κ2) is 3.96. The van der Waals surface area contributed by atoms with Gasteiger partial charge in [-0.15, -0.1) is 5.10 Å². The van der Waals surface area contributed by atoms with Gasteiger partial charge in [-0.2, -0.15) is 4.98 Å². The largest absolute Gasteiger partial charge is 0.376 e. The van der Waals surface area contributed by atoms with Gasteiger partial charge in [-0.1, -0.05) is 0 Å². The molecule has 1 aliphatic heterocycles. The van der Waals surface area contributed by atoms with Crippen LogP contribution in [0.25, 0.3) is 5.65 Å². The molecule has 0 bridgehead atoms. The third-order valence-electron chi connectivity index (χ3n) is 2.99. The van der Waals surface area contributed by atoms with Crippen LogP contribution in [-0.4, -0.2) is 33.4 Å². The average Bonchev–Trinajstić information content (AvgIpc) is 2.85. The number of nitrogens with one attached hydrogen (secondary N) is 1. The van der Waals surface area contributed by atoms with Crippen molar-refractivity contribution in [3.8, 4) is 0 Å². The minimum absolute atomic E-state index is 0.151. The van der Waals surface area contributed by atoms with Crippen molar-refractivity contribution in [2.75, 3.05) is 11.9 Å². The molecule has 3 rings (SSSR count). The number of hydrogen-bond acceptors (Lipinski definition) is 4. The van der Waals surface area contributed by atoms with E-state index in [0.29, 0.717) is 11.6 Å². The van der Waals surface area contributed by atoms with E-state index in [1.165, 1.54) is 16.8 Å². The fourth-order valence-corrected chi connectivity index (χ4v) is 2.01. The summed E-state index contributed by atoms with van der Waals surface area (Å²) in [5, 5.41) is 7.38. The molecule has 2 aromatic rings. The Balaban J connectivity index is 1.85. The highest BCUT2D eigenvalue weighted by molar-refractivity contribution is 5.43. The molecule has 2 unspecified atom stereocenters. The van der Waals surface area contributed by atoms with E-state index in [9.17, 15) is 4.39 Å². The van der Waals surface area contributed by atoms with Crippen molar-refractivity contribution in [3.63, 3.8) is 0 Å². The van der Waals surface area contributed by atoms with Crippen molar-refractivity contribution in [1.82, 2.24) is 14.6 Å². The normalized spacial score (nSPS) is 24.4. The fraction of sp³-hybridized carbons (Fsp3) is 0.455. The van der Waals surface area contributed by atoms with Crippen LogP contribution in [0.4, 0.5) is 10.3 Å². The van der Waals surface area contributed by atoms with Gasteiger partial charge in [0.1, 0.15) is 5.82 Å². The SMILES string of the molecule is CC1OCCC1Nc1nc2ccc(F)cn2n1. The van der Waals surface area contributed by atoms with E-state index >= 15 is 0 Å². The van der Waals surface area contributed by atoms with Crippen molar-refractivity contribution in [2.45, 2.75) is 25.5 Å². The minimum atomic E-state index is -0.327. The van der Waals surface area contributed by atoms with Crippen LogP contribution in [-0.2, 0) is 4.74 Å². The van der Waals surface area contributed by atoms with Crippen molar-refractivity contribution >= 4 is 11.6 Å². The molecule has 3 heterocycles. The molecule has 1 saturated heterocycles. The quantitative estimate of drug-likeness (QED) is 0.857. The lowest BCUT2D eigenvalue weighted by Gasteiger charge is -2.13. The predicted octanol–water partition coefficient (Wildman–Crippen LogP) is 1.46. The van der Waals surface area contributed by atoms with Crippen LogP contribution in [0.2, 0.25) is 0 Å². The van der Waals surface area contributed by atoms with Gasteiger partial charge >= 0.3 is 0 Å². The molecule has 0 amide bonds. The summed E-state index contributed by atoms with van der Waals surface area (Å²) in [6, 6.07) is 3.19. The van der Waals surface area contributed by atoms with Gasteiger partial charge in [0, 0.05) is 6.61 Å². The van der Waals surface area contributed by atoms with E-state index in [4.69, 9.17) is 4.74 Å². The van der Waals surface area contributed by atoms with Gasteiger partial charge in [-0.05, 0) is 25.5 Å². The molecule has 2 atom stereocenters. The molecule has 6 heteroatoms. The van der Waals surface area contributed by atoms with Crippen LogP contribution < -0.4 is 5.32 Å². The van der Waals surface area contributed by atoms with Gasteiger partial charge < -0.3 is 10.1 Å². The number of nitrogens with zero attached hydrogens (tertiary/aromatic N) is 3. The van der Waals surface area contributed by atoms with E-state index in [2.05, 4.69) is 15.4 Å². The monoisotopic (exact) mass is 236 g/mol. The molecule has 0 aromatic carbocycles. The van der Waals surface area contributed by atoms with E-state index in [1.54, 1.807) is 6.07 Å². The molecule has 0 saturated carbocycles. The van der Waals surface area contributed by atoms with E-state index in [1.807, 2.05) is 6.92 Å². The molecule has 17 heavy (non-hydrogen) atoms. The molecule has 5 nitrogen and oxygen atoms in total. The molecule has 90 valence electrons. The van der Waals surface area contributed by atoms with Crippen LogP contribution in [0.3, 0.4) is 0 Å². The number of fused-ring (bicyclic) bond motifs is 1. The van der Waals surface area contributed by atoms with Crippen LogP contribution >= 0.6 is 0 Å². The molecule has 0 aliphatic carbocycles. The van der Waals surface area contributed by atoms with E-state index in [-0.39, 0.29) is 18.0 Å². The number of halogens is 1. The zero-order chi connectivity index (χ0) is 11.8. The number of rotatable bonds is 2. The summed E-state index contributed by atoms with van der Waals surface area (Å²) < 4.78 is 19.9. The van der Waals surface area contributed by atoms with Crippen molar-refractivity contribution in [1.29, 1.82) is 0 Å². The standard InChI is InChI=1S/C11H13FN4O/c1-7-9(4-5-17-7)13-11-14-10-3-2-8(12)6-16(10)15-11/h2-3,6-7,9H,4-5H2,1H3,(H,13,15). The van der Waals surface area contributed by atoms with Crippen LogP contribution in [0.15, 0.2) is 18.3 Å². The summed E-state index contributed by atoms with van der Waals surface area (Å²) in [5.41, 5.74) is 0.625. The smallest absolute Gasteiger partial charge is 0.243 e. The summed E-state index contributed by atoms with van der Waals surface area (Å²) in [6.07, 6.45) is 2.39. The van der Waals surface area contributed by atoms with Crippen molar-refractivity contribution < 1.29 is 9.13 Å². The van der Waals surface area contributed by atoms with Crippen LogP contribution in [0, 0.1) is 5.82 Å². The highest BCUT2D eigenvalue weighted by atomic mass is 19.1. The lowest BCUT2D eigenvalue weighted by atomic mass is 10.2. The Morgan fingerprint density at radius 3 is 3.18 bits per heavy atom. The number of hydrogen-bond donors (Lipinski definition) is 1. The lowest BCUT2D eigenvalue weighted by molar-refractivity contribution is 0.121. The molecule has 1 aliphatic rings. The Morgan fingerprint density at radius 2 is 2.41 bits per heavy atom. The second-order valence-corrected chi connectivity index (χ2v) is 4.20.